The number of carbonyl (C=O) groups excluding carboxylic acids is 4. The normalized spacial score (nSPS) is 12.8. The lowest BCUT2D eigenvalue weighted by atomic mass is 10.0. The molecule has 14 heteroatoms. The van der Waals surface area contributed by atoms with Gasteiger partial charge >= 0.3 is 23.9 Å². The van der Waals surface area contributed by atoms with Gasteiger partial charge in [-0.1, -0.05) is 88.5 Å². The third-order valence-electron chi connectivity index (χ3n) is 9.88. The predicted molar refractivity (Wildman–Crippen MR) is 241 cm³/mol. The van der Waals surface area contributed by atoms with E-state index in [1.54, 1.807) is 0 Å². The first-order valence-electron chi connectivity index (χ1n) is 22.9. The first-order valence-corrected chi connectivity index (χ1v) is 24.2. The van der Waals surface area contributed by atoms with Gasteiger partial charge in [-0.25, -0.2) is 8.42 Å². The molecule has 0 rings (SSSR count). The maximum Gasteiger partial charge on any atom is 0.306 e. The van der Waals surface area contributed by atoms with Crippen LogP contribution in [0.2, 0.25) is 0 Å². The fourth-order valence-electron chi connectivity index (χ4n) is 6.22. The molecule has 3 atom stereocenters. The number of ether oxygens (including phenoxy) is 4. The summed E-state index contributed by atoms with van der Waals surface area (Å²) in [5.74, 6) is 0.383. The zero-order valence-electron chi connectivity index (χ0n) is 40.0. The minimum atomic E-state index is -4.41. The monoisotopic (exact) mass is 890 g/mol. The van der Waals surface area contributed by atoms with Gasteiger partial charge in [-0.3, -0.25) is 23.4 Å². The highest BCUT2D eigenvalue weighted by Gasteiger charge is 2.24. The molecule has 0 aromatic rings. The first-order chi connectivity index (χ1) is 28.6. The fraction of sp³-hybridized carbons (Fsp3) is 0.830. The highest BCUT2D eigenvalue weighted by molar-refractivity contribution is 7.80. The van der Waals surface area contributed by atoms with Crippen molar-refractivity contribution in [2.45, 2.75) is 189 Å². The standard InChI is InChI=1S/C46H84NO8.CH4O4S/c1-38(2)24-22-26-40(5)32-34-52-43(48)28-18-14-10-11-16-20-30-45(50)54-37-42(36-47(7,8)9)55-46(51)31-21-17-13-12-15-19-29-44(49)53-35-33-41(6)27-23-25-39(3)4;1-5-6(2,3)4/h24-25,40-42H,10-23,26-37H2,1-9H3;1H3,(H,2,3,4)/q+1;/p-1/t40-,41-,42?;/m0./s1. The minimum absolute atomic E-state index is 0.0722. The van der Waals surface area contributed by atoms with Crippen molar-refractivity contribution in [3.05, 3.63) is 23.3 Å². The van der Waals surface area contributed by atoms with Gasteiger partial charge in [-0.2, -0.15) is 0 Å². The molecule has 0 aromatic heterocycles. The van der Waals surface area contributed by atoms with Gasteiger partial charge in [-0.05, 0) is 104 Å². The molecule has 13 nitrogen and oxygen atoms in total. The molecule has 358 valence electrons. The molecule has 0 amide bonds. The zero-order chi connectivity index (χ0) is 46.5. The molecule has 0 saturated heterocycles. The molecule has 0 aliphatic rings. The summed E-state index contributed by atoms with van der Waals surface area (Å²) < 4.78 is 53.7. The summed E-state index contributed by atoms with van der Waals surface area (Å²) in [6, 6.07) is 0. The van der Waals surface area contributed by atoms with Crippen molar-refractivity contribution >= 4 is 34.3 Å². The van der Waals surface area contributed by atoms with Crippen molar-refractivity contribution in [1.29, 1.82) is 0 Å². The molecule has 0 aliphatic carbocycles. The number of nitrogens with zero attached hydrogens (tertiary/aromatic N) is 1. The lowest BCUT2D eigenvalue weighted by Crippen LogP contribution is -2.45. The zero-order valence-corrected chi connectivity index (χ0v) is 40.8. The fourth-order valence-corrected chi connectivity index (χ4v) is 6.22. The topological polar surface area (TPSA) is 172 Å². The Morgan fingerprint density at radius 2 is 0.885 bits per heavy atom. The van der Waals surface area contributed by atoms with E-state index in [1.807, 2.05) is 21.1 Å². The molecule has 0 aliphatic heterocycles. The van der Waals surface area contributed by atoms with Crippen LogP contribution in [0.15, 0.2) is 23.3 Å². The van der Waals surface area contributed by atoms with Crippen LogP contribution in [0, 0.1) is 11.8 Å². The number of hydrogen-bond acceptors (Lipinski definition) is 12. The largest absolute Gasteiger partial charge is 0.726 e. The molecule has 0 spiro atoms. The van der Waals surface area contributed by atoms with Gasteiger partial charge in [0, 0.05) is 25.7 Å². The van der Waals surface area contributed by atoms with Crippen molar-refractivity contribution in [3.63, 3.8) is 0 Å². The van der Waals surface area contributed by atoms with E-state index in [1.165, 1.54) is 11.1 Å². The molecular formula is C47H87NO12S. The van der Waals surface area contributed by atoms with E-state index in [2.05, 4.69) is 57.9 Å². The van der Waals surface area contributed by atoms with Crippen LogP contribution in [-0.4, -0.2) is 102 Å². The van der Waals surface area contributed by atoms with Gasteiger partial charge in [0.2, 0.25) is 10.4 Å². The molecule has 0 fully saturated rings. The van der Waals surface area contributed by atoms with E-state index in [-0.39, 0.29) is 30.5 Å². The van der Waals surface area contributed by atoms with Crippen LogP contribution in [0.25, 0.3) is 0 Å². The summed E-state index contributed by atoms with van der Waals surface area (Å²) in [7, 11) is 2.47. The average Bonchev–Trinajstić information content (AvgIpc) is 3.15. The summed E-state index contributed by atoms with van der Waals surface area (Å²) in [4.78, 5) is 49.2. The molecular weight excluding hydrogens is 803 g/mol. The Morgan fingerprint density at radius 3 is 1.21 bits per heavy atom. The van der Waals surface area contributed by atoms with Gasteiger partial charge in [0.25, 0.3) is 0 Å². The summed E-state index contributed by atoms with van der Waals surface area (Å²) >= 11 is 0. The van der Waals surface area contributed by atoms with Gasteiger partial charge in [0.15, 0.2) is 6.10 Å². The number of allylic oxidation sites excluding steroid dienone is 4. The lowest BCUT2D eigenvalue weighted by molar-refractivity contribution is -0.873. The molecule has 0 radical (unpaired) electrons. The number of quaternary nitrogens is 1. The van der Waals surface area contributed by atoms with Crippen LogP contribution in [0.5, 0.6) is 0 Å². The summed E-state index contributed by atoms with van der Waals surface area (Å²) in [6.07, 6.45) is 23.0. The van der Waals surface area contributed by atoms with Crippen LogP contribution in [0.1, 0.15) is 183 Å². The van der Waals surface area contributed by atoms with E-state index >= 15 is 0 Å². The van der Waals surface area contributed by atoms with Crippen molar-refractivity contribution in [1.82, 2.24) is 0 Å². The van der Waals surface area contributed by atoms with Crippen molar-refractivity contribution in [3.8, 4) is 0 Å². The maximum absolute atomic E-state index is 12.6. The number of carbonyl (C=O) groups is 4. The minimum Gasteiger partial charge on any atom is -0.726 e. The van der Waals surface area contributed by atoms with Crippen molar-refractivity contribution < 1.29 is 59.8 Å². The van der Waals surface area contributed by atoms with Crippen LogP contribution in [-0.2, 0) is 52.7 Å². The first kappa shape index (κ1) is 60.3. The maximum atomic E-state index is 12.6. The van der Waals surface area contributed by atoms with E-state index in [0.29, 0.717) is 61.8 Å². The number of rotatable bonds is 36. The number of likely N-dealkylation sites (N-methyl/N-ethyl adjacent to an activating group) is 1. The van der Waals surface area contributed by atoms with Crippen molar-refractivity contribution in [2.24, 2.45) is 11.8 Å². The molecule has 61 heavy (non-hydrogen) atoms. The third-order valence-corrected chi connectivity index (χ3v) is 10.3. The predicted octanol–water partition coefficient (Wildman–Crippen LogP) is 10.1. The lowest BCUT2D eigenvalue weighted by Gasteiger charge is -2.28. The summed E-state index contributed by atoms with van der Waals surface area (Å²) in [6.45, 7) is 14.5. The molecule has 0 heterocycles. The number of esters is 4. The molecule has 0 bridgehead atoms. The summed E-state index contributed by atoms with van der Waals surface area (Å²) in [5.41, 5.74) is 2.69. The van der Waals surface area contributed by atoms with Gasteiger partial charge in [-0.15, -0.1) is 0 Å². The third kappa shape index (κ3) is 48.1. The Balaban J connectivity index is 0. The van der Waals surface area contributed by atoms with Crippen LogP contribution in [0.4, 0.5) is 0 Å². The van der Waals surface area contributed by atoms with Crippen LogP contribution < -0.4 is 0 Å². The summed E-state index contributed by atoms with van der Waals surface area (Å²) in [5, 5.41) is 0. The Labute approximate surface area is 371 Å². The van der Waals surface area contributed by atoms with Gasteiger partial charge < -0.3 is 28.0 Å². The second kappa shape index (κ2) is 37.7. The quantitative estimate of drug-likeness (QED) is 0.0111. The molecule has 1 unspecified atom stereocenters. The Hall–Kier alpha value is -2.81. The van der Waals surface area contributed by atoms with Gasteiger partial charge in [0.1, 0.15) is 13.2 Å². The second-order valence-electron chi connectivity index (χ2n) is 18.0. The molecule has 0 N–H and O–H groups in total. The average molecular weight is 890 g/mol. The second-order valence-corrected chi connectivity index (χ2v) is 19.2. The molecule has 0 aromatic carbocycles. The number of hydrogen-bond donors (Lipinski definition) is 0. The Kier molecular flexibility index (Phi) is 37.3. The Bertz CT molecular complexity index is 1330. The van der Waals surface area contributed by atoms with E-state index < -0.39 is 16.5 Å². The Morgan fingerprint density at radius 1 is 0.557 bits per heavy atom. The van der Waals surface area contributed by atoms with E-state index in [4.69, 9.17) is 18.9 Å². The van der Waals surface area contributed by atoms with E-state index in [0.717, 1.165) is 123 Å². The SMILES string of the molecule is CC(C)=CCC[C@H](C)CCOC(=O)CCCCCCCCC(=O)OCC(C[N+](C)(C)C)OC(=O)CCCCCCCCC(=O)OCC[C@@H](C)CCC=C(C)C.COS(=O)(=O)[O-]. The van der Waals surface area contributed by atoms with Crippen LogP contribution in [0.3, 0.4) is 0 Å². The van der Waals surface area contributed by atoms with Crippen molar-refractivity contribution in [2.75, 3.05) is 54.6 Å². The van der Waals surface area contributed by atoms with Gasteiger partial charge in [0.05, 0.1) is 41.5 Å². The number of unbranched alkanes of at least 4 members (excludes halogenated alkanes) is 10. The highest BCUT2D eigenvalue weighted by atomic mass is 32.3. The molecule has 0 saturated carbocycles. The smallest absolute Gasteiger partial charge is 0.306 e. The van der Waals surface area contributed by atoms with Crippen LogP contribution >= 0.6 is 0 Å². The van der Waals surface area contributed by atoms with E-state index in [9.17, 15) is 32.1 Å². The highest BCUT2D eigenvalue weighted by Crippen LogP contribution is 2.16.